The van der Waals surface area contributed by atoms with E-state index in [1.807, 2.05) is 30.3 Å². The average molecular weight is 322 g/mol. The van der Waals surface area contributed by atoms with Crippen LogP contribution < -0.4 is 0 Å². The van der Waals surface area contributed by atoms with Crippen molar-refractivity contribution in [1.29, 1.82) is 0 Å². The number of hydrogen-bond acceptors (Lipinski definition) is 5. The van der Waals surface area contributed by atoms with E-state index in [1.165, 1.54) is 24.4 Å². The van der Waals surface area contributed by atoms with Crippen LogP contribution in [0.25, 0.3) is 10.8 Å². The molecule has 0 aliphatic rings. The van der Waals surface area contributed by atoms with Gasteiger partial charge in [0.05, 0.1) is 11.5 Å². The van der Waals surface area contributed by atoms with Gasteiger partial charge in [0, 0.05) is 29.5 Å². The number of nitrogens with zero attached hydrogens (tertiary/aromatic N) is 2. The zero-order valence-electron chi connectivity index (χ0n) is 12.6. The molecule has 0 aliphatic heterocycles. The third-order valence-corrected chi connectivity index (χ3v) is 3.70. The molecule has 0 amide bonds. The third-order valence-electron chi connectivity index (χ3n) is 3.70. The lowest BCUT2D eigenvalue weighted by Crippen LogP contribution is -1.92. The van der Waals surface area contributed by atoms with Crippen molar-refractivity contribution in [3.05, 3.63) is 75.8 Å². The Bertz CT molecular complexity index is 951. The number of phenolic OH excluding ortho intramolecular Hbond substituents is 2. The maximum Gasteiger partial charge on any atom is 0.270 e. The van der Waals surface area contributed by atoms with Crippen LogP contribution in [0.4, 0.5) is 5.69 Å². The maximum atomic E-state index is 10.8. The number of hydrogen-bond donors (Lipinski definition) is 2. The van der Waals surface area contributed by atoms with Gasteiger partial charge in [-0.15, -0.1) is 0 Å². The fourth-order valence-corrected chi connectivity index (χ4v) is 2.47. The summed E-state index contributed by atoms with van der Waals surface area (Å²) in [5.41, 5.74) is 0.809. The van der Waals surface area contributed by atoms with Gasteiger partial charge in [-0.2, -0.15) is 0 Å². The van der Waals surface area contributed by atoms with Gasteiger partial charge in [0.25, 0.3) is 5.69 Å². The van der Waals surface area contributed by atoms with E-state index in [2.05, 4.69) is 4.99 Å². The fourth-order valence-electron chi connectivity index (χ4n) is 2.47. The molecule has 0 fully saturated rings. The van der Waals surface area contributed by atoms with Gasteiger partial charge in [-0.3, -0.25) is 15.1 Å². The summed E-state index contributed by atoms with van der Waals surface area (Å²) >= 11 is 0. The van der Waals surface area contributed by atoms with Gasteiger partial charge >= 0.3 is 0 Å². The van der Waals surface area contributed by atoms with Crippen molar-refractivity contribution in [2.75, 3.05) is 0 Å². The second kappa shape index (κ2) is 6.37. The van der Waals surface area contributed by atoms with Gasteiger partial charge < -0.3 is 10.2 Å². The van der Waals surface area contributed by atoms with Crippen molar-refractivity contribution in [2.24, 2.45) is 4.99 Å². The highest BCUT2D eigenvalue weighted by atomic mass is 16.6. The molecule has 0 atom stereocenters. The number of non-ortho nitro benzene ring substituents is 1. The maximum absolute atomic E-state index is 10.8. The Labute approximate surface area is 137 Å². The largest absolute Gasteiger partial charge is 0.508 e. The van der Waals surface area contributed by atoms with Gasteiger partial charge in [-0.1, -0.05) is 30.3 Å². The van der Waals surface area contributed by atoms with Crippen molar-refractivity contribution in [1.82, 2.24) is 0 Å². The van der Waals surface area contributed by atoms with E-state index in [0.717, 1.165) is 10.8 Å². The molecule has 0 spiro atoms. The van der Waals surface area contributed by atoms with Crippen LogP contribution in [0.1, 0.15) is 11.1 Å². The molecule has 3 aromatic rings. The predicted octanol–water partition coefficient (Wildman–Crippen LogP) is 3.78. The van der Waals surface area contributed by atoms with Gasteiger partial charge in [0.2, 0.25) is 0 Å². The summed E-state index contributed by atoms with van der Waals surface area (Å²) in [6.07, 6.45) is 1.51. The number of nitro benzene ring substituents is 1. The topological polar surface area (TPSA) is 96.0 Å². The van der Waals surface area contributed by atoms with Crippen molar-refractivity contribution in [3.63, 3.8) is 0 Å². The first-order valence-electron chi connectivity index (χ1n) is 7.23. The quantitative estimate of drug-likeness (QED) is 0.434. The lowest BCUT2D eigenvalue weighted by molar-refractivity contribution is -0.384. The Morgan fingerprint density at radius 2 is 1.79 bits per heavy atom. The number of rotatable bonds is 4. The van der Waals surface area contributed by atoms with Crippen molar-refractivity contribution in [2.45, 2.75) is 6.54 Å². The van der Waals surface area contributed by atoms with E-state index < -0.39 is 4.92 Å². The molecule has 6 heteroatoms. The van der Waals surface area contributed by atoms with Crippen LogP contribution in [0, 0.1) is 10.1 Å². The summed E-state index contributed by atoms with van der Waals surface area (Å²) in [4.78, 5) is 14.5. The molecular formula is C18H14N2O4. The average Bonchev–Trinajstić information content (AvgIpc) is 2.58. The molecule has 0 heterocycles. The van der Waals surface area contributed by atoms with E-state index >= 15 is 0 Å². The van der Waals surface area contributed by atoms with E-state index in [0.29, 0.717) is 11.1 Å². The Morgan fingerprint density at radius 1 is 1.04 bits per heavy atom. The monoisotopic (exact) mass is 322 g/mol. The number of nitro groups is 1. The molecule has 2 N–H and O–H groups in total. The Morgan fingerprint density at radius 3 is 2.58 bits per heavy atom. The van der Waals surface area contributed by atoms with Gasteiger partial charge in [-0.25, -0.2) is 0 Å². The van der Waals surface area contributed by atoms with Gasteiger partial charge in [-0.05, 0) is 22.9 Å². The molecule has 120 valence electrons. The predicted molar refractivity (Wildman–Crippen MR) is 91.7 cm³/mol. The van der Waals surface area contributed by atoms with E-state index in [1.54, 1.807) is 6.07 Å². The summed E-state index contributed by atoms with van der Waals surface area (Å²) in [6.45, 7) is 0.0656. The SMILES string of the molecule is O=[N+]([O-])c1ccc(O)c(CN=Cc2c(O)ccc3ccccc23)c1. The van der Waals surface area contributed by atoms with Crippen LogP contribution in [0.15, 0.2) is 59.6 Å². The van der Waals surface area contributed by atoms with Crippen LogP contribution in [-0.4, -0.2) is 21.4 Å². The summed E-state index contributed by atoms with van der Waals surface area (Å²) in [5.74, 6) is 0.0422. The second-order valence-corrected chi connectivity index (χ2v) is 5.26. The van der Waals surface area contributed by atoms with Crippen molar-refractivity contribution < 1.29 is 15.1 Å². The lowest BCUT2D eigenvalue weighted by Gasteiger charge is -2.05. The molecule has 0 bridgehead atoms. The highest BCUT2D eigenvalue weighted by molar-refractivity contribution is 6.02. The smallest absolute Gasteiger partial charge is 0.270 e. The molecule has 3 aromatic carbocycles. The zero-order valence-corrected chi connectivity index (χ0v) is 12.6. The minimum Gasteiger partial charge on any atom is -0.508 e. The summed E-state index contributed by atoms with van der Waals surface area (Å²) in [5, 5.41) is 32.5. The molecule has 6 nitrogen and oxygen atoms in total. The minimum absolute atomic E-state index is 0.0557. The van der Waals surface area contributed by atoms with Crippen LogP contribution in [0.3, 0.4) is 0 Å². The van der Waals surface area contributed by atoms with Crippen LogP contribution in [-0.2, 0) is 6.54 Å². The molecule has 0 saturated heterocycles. The Kier molecular flexibility index (Phi) is 4.11. The minimum atomic E-state index is -0.525. The molecule has 3 rings (SSSR count). The highest BCUT2D eigenvalue weighted by Crippen LogP contribution is 2.26. The summed E-state index contributed by atoms with van der Waals surface area (Å²) < 4.78 is 0. The molecule has 0 unspecified atom stereocenters. The Hall–Kier alpha value is -3.41. The van der Waals surface area contributed by atoms with E-state index in [9.17, 15) is 20.3 Å². The van der Waals surface area contributed by atoms with Gasteiger partial charge in [0.15, 0.2) is 0 Å². The molecule has 0 radical (unpaired) electrons. The first-order valence-corrected chi connectivity index (χ1v) is 7.23. The zero-order chi connectivity index (χ0) is 17.1. The van der Waals surface area contributed by atoms with Crippen molar-refractivity contribution >= 4 is 22.7 Å². The molecule has 0 saturated carbocycles. The standard InChI is InChI=1S/C18H14N2O4/c21-17-8-6-14(20(23)24)9-13(17)10-19-11-16-15-4-2-1-3-12(15)5-7-18(16)22/h1-9,11,21-22H,10H2. The number of phenols is 2. The number of benzene rings is 3. The molecule has 24 heavy (non-hydrogen) atoms. The molecule has 0 aromatic heterocycles. The Balaban J connectivity index is 1.92. The first-order chi connectivity index (χ1) is 11.6. The molecule has 0 aliphatic carbocycles. The van der Waals surface area contributed by atoms with Crippen LogP contribution in [0.2, 0.25) is 0 Å². The number of aliphatic imine (C=N–C) groups is 1. The third kappa shape index (κ3) is 3.03. The highest BCUT2D eigenvalue weighted by Gasteiger charge is 2.10. The van der Waals surface area contributed by atoms with E-state index in [4.69, 9.17) is 0 Å². The second-order valence-electron chi connectivity index (χ2n) is 5.26. The van der Waals surface area contributed by atoms with Crippen molar-refractivity contribution in [3.8, 4) is 11.5 Å². The first kappa shape index (κ1) is 15.5. The normalized spacial score (nSPS) is 11.2. The van der Waals surface area contributed by atoms with Crippen LogP contribution in [0.5, 0.6) is 11.5 Å². The number of aromatic hydroxyl groups is 2. The van der Waals surface area contributed by atoms with Gasteiger partial charge in [0.1, 0.15) is 11.5 Å². The van der Waals surface area contributed by atoms with Crippen LogP contribution >= 0.6 is 0 Å². The lowest BCUT2D eigenvalue weighted by atomic mass is 10.0. The van der Waals surface area contributed by atoms with E-state index in [-0.39, 0.29) is 23.7 Å². The number of fused-ring (bicyclic) bond motifs is 1. The fraction of sp³-hybridized carbons (Fsp3) is 0.0556. The molecular weight excluding hydrogens is 308 g/mol. The summed E-state index contributed by atoms with van der Waals surface area (Å²) in [7, 11) is 0. The summed E-state index contributed by atoms with van der Waals surface area (Å²) in [6, 6.07) is 14.8.